The summed E-state index contributed by atoms with van der Waals surface area (Å²) in [6.45, 7) is 3.04. The summed E-state index contributed by atoms with van der Waals surface area (Å²) in [7, 11) is 1.74. The average molecular weight is 400 g/mol. The van der Waals surface area contributed by atoms with Crippen molar-refractivity contribution in [3.63, 3.8) is 0 Å². The number of hydrogen-bond donors (Lipinski definition) is 3. The Morgan fingerprint density at radius 2 is 2.10 bits per heavy atom. The van der Waals surface area contributed by atoms with Gasteiger partial charge in [-0.15, -0.1) is 0 Å². The molecule has 8 nitrogen and oxygen atoms in total. The maximum absolute atomic E-state index is 11.4. The van der Waals surface area contributed by atoms with Gasteiger partial charge in [0.1, 0.15) is 24.7 Å². The van der Waals surface area contributed by atoms with Crippen molar-refractivity contribution in [3.8, 4) is 5.75 Å². The summed E-state index contributed by atoms with van der Waals surface area (Å²) in [5.41, 5.74) is 1.99. The number of ether oxygens (including phenoxy) is 2. The lowest BCUT2D eigenvalue weighted by Crippen LogP contribution is -2.39. The summed E-state index contributed by atoms with van der Waals surface area (Å²) >= 11 is 0. The van der Waals surface area contributed by atoms with Crippen LogP contribution in [-0.4, -0.2) is 45.2 Å². The quantitative estimate of drug-likeness (QED) is 0.322. The summed E-state index contributed by atoms with van der Waals surface area (Å²) < 4.78 is 16.6. The van der Waals surface area contributed by atoms with Crippen LogP contribution in [0.1, 0.15) is 24.2 Å². The van der Waals surface area contributed by atoms with Gasteiger partial charge in [-0.1, -0.05) is 0 Å². The number of furan rings is 1. The topological polar surface area (TPSA) is 97.1 Å². The molecule has 0 saturated carbocycles. The second-order valence-corrected chi connectivity index (χ2v) is 6.63. The number of aliphatic imine (C=N–C) groups is 1. The van der Waals surface area contributed by atoms with Gasteiger partial charge in [0.2, 0.25) is 5.91 Å². The zero-order valence-corrected chi connectivity index (χ0v) is 16.7. The Balaban J connectivity index is 1.26. The summed E-state index contributed by atoms with van der Waals surface area (Å²) in [6.07, 6.45) is 3.78. The van der Waals surface area contributed by atoms with E-state index in [1.54, 1.807) is 13.3 Å². The first-order valence-corrected chi connectivity index (χ1v) is 9.85. The number of rotatable bonds is 10. The number of carbonyl (C=O) groups is 1. The summed E-state index contributed by atoms with van der Waals surface area (Å²) in [5.74, 6) is 2.43. The number of nitrogens with one attached hydrogen (secondary N) is 3. The third-order valence-electron chi connectivity index (χ3n) is 4.44. The van der Waals surface area contributed by atoms with Gasteiger partial charge in [0, 0.05) is 32.3 Å². The zero-order chi connectivity index (χ0) is 20.3. The number of benzene rings is 1. The first-order valence-electron chi connectivity index (χ1n) is 9.85. The van der Waals surface area contributed by atoms with E-state index in [1.165, 1.54) is 0 Å². The van der Waals surface area contributed by atoms with Crippen LogP contribution >= 0.6 is 0 Å². The van der Waals surface area contributed by atoms with E-state index in [1.807, 2.05) is 30.3 Å². The van der Waals surface area contributed by atoms with Crippen molar-refractivity contribution in [1.29, 1.82) is 0 Å². The third-order valence-corrected chi connectivity index (χ3v) is 4.44. The molecule has 0 bridgehead atoms. The van der Waals surface area contributed by atoms with Gasteiger partial charge in [-0.05, 0) is 48.7 Å². The third kappa shape index (κ3) is 6.83. The average Bonchev–Trinajstić information content (AvgIpc) is 3.25. The fourth-order valence-electron chi connectivity index (χ4n) is 2.96. The Morgan fingerprint density at radius 3 is 2.93 bits per heavy atom. The van der Waals surface area contributed by atoms with Crippen LogP contribution in [0.2, 0.25) is 0 Å². The minimum atomic E-state index is 0.0679. The van der Waals surface area contributed by atoms with Crippen LogP contribution in [-0.2, 0) is 22.6 Å². The van der Waals surface area contributed by atoms with Gasteiger partial charge >= 0.3 is 0 Å². The van der Waals surface area contributed by atoms with Crippen LogP contribution in [0.3, 0.4) is 0 Å². The fraction of sp³-hybridized carbons (Fsp3) is 0.429. The fourth-order valence-corrected chi connectivity index (χ4v) is 2.96. The first kappa shape index (κ1) is 20.7. The van der Waals surface area contributed by atoms with E-state index in [9.17, 15) is 4.79 Å². The van der Waals surface area contributed by atoms with Crippen molar-refractivity contribution >= 4 is 17.6 Å². The molecule has 1 aliphatic heterocycles. The van der Waals surface area contributed by atoms with Crippen LogP contribution in [0, 0.1) is 0 Å². The summed E-state index contributed by atoms with van der Waals surface area (Å²) in [4.78, 5) is 15.6. The van der Waals surface area contributed by atoms with E-state index in [-0.39, 0.29) is 5.91 Å². The van der Waals surface area contributed by atoms with Gasteiger partial charge in [0.05, 0.1) is 12.8 Å². The van der Waals surface area contributed by atoms with Crippen molar-refractivity contribution in [3.05, 3.63) is 47.9 Å². The molecular formula is C21H28N4O4. The Bertz CT molecular complexity index is 805. The summed E-state index contributed by atoms with van der Waals surface area (Å²) in [5, 5.41) is 9.34. The molecule has 0 saturated heterocycles. The van der Waals surface area contributed by atoms with Crippen molar-refractivity contribution in [2.75, 3.05) is 38.7 Å². The molecular weight excluding hydrogens is 372 g/mol. The van der Waals surface area contributed by atoms with E-state index < -0.39 is 0 Å². The molecule has 3 N–H and O–H groups in total. The molecule has 0 unspecified atom stereocenters. The number of amides is 1. The Labute approximate surface area is 170 Å². The smallest absolute Gasteiger partial charge is 0.224 e. The van der Waals surface area contributed by atoms with Crippen LogP contribution in [0.15, 0.2) is 46.0 Å². The Morgan fingerprint density at radius 1 is 1.21 bits per heavy atom. The lowest BCUT2D eigenvalue weighted by molar-refractivity contribution is -0.116. The van der Waals surface area contributed by atoms with Gasteiger partial charge in [-0.3, -0.25) is 9.79 Å². The van der Waals surface area contributed by atoms with Crippen molar-refractivity contribution in [2.24, 2.45) is 4.99 Å². The molecule has 0 fully saturated rings. The second-order valence-electron chi connectivity index (χ2n) is 6.63. The SMILES string of the molecule is CN=C(NCCCOCc1ccco1)NCCOc1ccc2c(c1)CCC(=O)N2. The highest BCUT2D eigenvalue weighted by Gasteiger charge is 2.14. The monoisotopic (exact) mass is 400 g/mol. The van der Waals surface area contributed by atoms with E-state index in [0.717, 1.165) is 48.1 Å². The molecule has 0 atom stereocenters. The molecule has 2 heterocycles. The molecule has 3 rings (SSSR count). The van der Waals surface area contributed by atoms with E-state index in [0.29, 0.717) is 32.8 Å². The van der Waals surface area contributed by atoms with E-state index in [2.05, 4.69) is 20.9 Å². The standard InChI is InChI=1S/C21H28N4O4/c1-22-21(23-9-3-11-27-15-18-4-2-12-28-18)24-10-13-29-17-6-7-19-16(14-17)5-8-20(26)25-19/h2,4,6-7,12,14H,3,5,8-11,13,15H2,1H3,(H,25,26)(H2,22,23,24). The zero-order valence-electron chi connectivity index (χ0n) is 16.7. The van der Waals surface area contributed by atoms with Gasteiger partial charge in [0.15, 0.2) is 5.96 Å². The highest BCUT2D eigenvalue weighted by molar-refractivity contribution is 5.94. The highest BCUT2D eigenvalue weighted by atomic mass is 16.5. The molecule has 0 radical (unpaired) electrons. The largest absolute Gasteiger partial charge is 0.492 e. The van der Waals surface area contributed by atoms with Crippen LogP contribution in [0.5, 0.6) is 5.75 Å². The van der Waals surface area contributed by atoms with Gasteiger partial charge in [0.25, 0.3) is 0 Å². The lowest BCUT2D eigenvalue weighted by Gasteiger charge is -2.18. The van der Waals surface area contributed by atoms with Crippen molar-refractivity contribution < 1.29 is 18.7 Å². The Hall–Kier alpha value is -3.00. The first-order chi connectivity index (χ1) is 14.2. The minimum absolute atomic E-state index is 0.0679. The molecule has 156 valence electrons. The van der Waals surface area contributed by atoms with Crippen LogP contribution in [0.4, 0.5) is 5.69 Å². The minimum Gasteiger partial charge on any atom is -0.492 e. The summed E-state index contributed by atoms with van der Waals surface area (Å²) in [6, 6.07) is 9.51. The molecule has 1 amide bonds. The molecule has 1 aromatic carbocycles. The molecule has 0 aliphatic carbocycles. The van der Waals surface area contributed by atoms with Gasteiger partial charge < -0.3 is 29.8 Å². The predicted molar refractivity (Wildman–Crippen MR) is 111 cm³/mol. The van der Waals surface area contributed by atoms with Crippen LogP contribution < -0.4 is 20.7 Å². The van der Waals surface area contributed by atoms with Crippen molar-refractivity contribution in [2.45, 2.75) is 25.9 Å². The predicted octanol–water partition coefficient (Wildman–Crippen LogP) is 2.31. The molecule has 0 spiro atoms. The van der Waals surface area contributed by atoms with Gasteiger partial charge in [-0.2, -0.15) is 0 Å². The maximum Gasteiger partial charge on any atom is 0.224 e. The number of fused-ring (bicyclic) bond motifs is 1. The number of anilines is 1. The van der Waals surface area contributed by atoms with Crippen LogP contribution in [0.25, 0.3) is 0 Å². The number of carbonyl (C=O) groups excluding carboxylic acids is 1. The molecule has 1 aliphatic rings. The number of guanidine groups is 1. The molecule has 2 aromatic rings. The van der Waals surface area contributed by atoms with Crippen molar-refractivity contribution in [1.82, 2.24) is 10.6 Å². The number of nitrogens with zero attached hydrogens (tertiary/aromatic N) is 1. The molecule has 29 heavy (non-hydrogen) atoms. The second kappa shape index (κ2) is 11.1. The van der Waals surface area contributed by atoms with E-state index >= 15 is 0 Å². The highest BCUT2D eigenvalue weighted by Crippen LogP contribution is 2.26. The Kier molecular flexibility index (Phi) is 7.94. The van der Waals surface area contributed by atoms with E-state index in [4.69, 9.17) is 13.9 Å². The number of hydrogen-bond acceptors (Lipinski definition) is 5. The maximum atomic E-state index is 11.4. The normalized spacial score (nSPS) is 13.6. The number of aryl methyl sites for hydroxylation is 1. The lowest BCUT2D eigenvalue weighted by atomic mass is 10.0. The molecule has 1 aromatic heterocycles. The molecule has 8 heteroatoms. The van der Waals surface area contributed by atoms with Gasteiger partial charge in [-0.25, -0.2) is 0 Å².